The average Bonchev–Trinajstić information content (AvgIpc) is 3.59. The molecule has 3 aromatic rings. The highest BCUT2D eigenvalue weighted by Crippen LogP contribution is 2.34. The lowest BCUT2D eigenvalue weighted by molar-refractivity contribution is 0.0499. The predicted molar refractivity (Wildman–Crippen MR) is 114 cm³/mol. The third-order valence-corrected chi connectivity index (χ3v) is 5.06. The molecular formula is C22H22N4O5. The van der Waals surface area contributed by atoms with E-state index in [0.717, 1.165) is 25.7 Å². The molecule has 2 N–H and O–H groups in total. The van der Waals surface area contributed by atoms with Gasteiger partial charge in [0.15, 0.2) is 0 Å². The second-order valence-electron chi connectivity index (χ2n) is 7.48. The first-order valence-corrected chi connectivity index (χ1v) is 10.2. The maximum atomic E-state index is 12.6. The summed E-state index contributed by atoms with van der Waals surface area (Å²) in [7, 11) is 0. The van der Waals surface area contributed by atoms with E-state index >= 15 is 0 Å². The number of aromatic amines is 1. The van der Waals surface area contributed by atoms with Crippen LogP contribution in [-0.2, 0) is 4.74 Å². The number of hydrogen-bond donors (Lipinski definition) is 2. The van der Waals surface area contributed by atoms with Crippen LogP contribution in [0, 0.1) is 0 Å². The average molecular weight is 422 g/mol. The van der Waals surface area contributed by atoms with E-state index in [2.05, 4.69) is 15.3 Å². The van der Waals surface area contributed by atoms with Crippen LogP contribution in [0.1, 0.15) is 59.4 Å². The molecule has 2 heterocycles. The van der Waals surface area contributed by atoms with Crippen LogP contribution in [0.15, 0.2) is 46.1 Å². The second kappa shape index (κ2) is 8.55. The Kier molecular flexibility index (Phi) is 5.66. The molecule has 2 aromatic heterocycles. The minimum atomic E-state index is -0.579. The molecular weight excluding hydrogens is 400 g/mol. The van der Waals surface area contributed by atoms with Gasteiger partial charge in [0.2, 0.25) is 0 Å². The molecule has 1 aliphatic rings. The van der Waals surface area contributed by atoms with Gasteiger partial charge in [-0.2, -0.15) is 0 Å². The molecule has 160 valence electrons. The summed E-state index contributed by atoms with van der Waals surface area (Å²) in [5.41, 5.74) is 0.266. The van der Waals surface area contributed by atoms with Gasteiger partial charge < -0.3 is 10.1 Å². The smallest absolute Gasteiger partial charge is 0.338 e. The summed E-state index contributed by atoms with van der Waals surface area (Å²) >= 11 is 0. The van der Waals surface area contributed by atoms with Crippen molar-refractivity contribution < 1.29 is 14.3 Å². The molecule has 9 heteroatoms. The zero-order valence-corrected chi connectivity index (χ0v) is 17.0. The number of amides is 1. The van der Waals surface area contributed by atoms with Crippen molar-refractivity contribution in [2.24, 2.45) is 0 Å². The Hall–Kier alpha value is -3.75. The molecule has 31 heavy (non-hydrogen) atoms. The number of fused-ring (bicyclic) bond motifs is 1. The number of benzene rings is 1. The topological polar surface area (TPSA) is 123 Å². The van der Waals surface area contributed by atoms with Crippen LogP contribution in [0.3, 0.4) is 0 Å². The lowest BCUT2D eigenvalue weighted by Crippen LogP contribution is -2.30. The maximum Gasteiger partial charge on any atom is 0.338 e. The van der Waals surface area contributed by atoms with E-state index in [-0.39, 0.29) is 22.6 Å². The molecule has 0 spiro atoms. The van der Waals surface area contributed by atoms with Crippen LogP contribution in [0.25, 0.3) is 11.0 Å². The van der Waals surface area contributed by atoms with Crippen LogP contribution < -0.4 is 16.6 Å². The van der Waals surface area contributed by atoms with Gasteiger partial charge >= 0.3 is 11.7 Å². The number of ether oxygens (including phenoxy) is 1. The molecule has 9 nitrogen and oxygen atoms in total. The third kappa shape index (κ3) is 4.40. The van der Waals surface area contributed by atoms with E-state index in [4.69, 9.17) is 4.74 Å². The lowest BCUT2D eigenvalue weighted by Gasteiger charge is -2.09. The summed E-state index contributed by atoms with van der Waals surface area (Å²) in [4.78, 5) is 55.4. The number of H-pyrrole nitrogens is 1. The number of carbonyl (C=O) groups excluding carboxylic acids is 2. The molecule has 0 aliphatic heterocycles. The molecule has 0 bridgehead atoms. The highest BCUT2D eigenvalue weighted by Gasteiger charge is 2.27. The van der Waals surface area contributed by atoms with Crippen LogP contribution in [0.5, 0.6) is 0 Å². The molecule has 0 unspecified atom stereocenters. The van der Waals surface area contributed by atoms with E-state index in [9.17, 15) is 19.2 Å². The quantitative estimate of drug-likeness (QED) is 0.446. The van der Waals surface area contributed by atoms with Crippen molar-refractivity contribution in [3.8, 4) is 0 Å². The van der Waals surface area contributed by atoms with Crippen molar-refractivity contribution in [1.29, 1.82) is 0 Å². The van der Waals surface area contributed by atoms with Gasteiger partial charge in [0.25, 0.3) is 11.5 Å². The Balaban J connectivity index is 1.51. The van der Waals surface area contributed by atoms with Gasteiger partial charge in [-0.1, -0.05) is 13.3 Å². The van der Waals surface area contributed by atoms with Gasteiger partial charge in [0.05, 0.1) is 23.1 Å². The zero-order chi connectivity index (χ0) is 22.0. The summed E-state index contributed by atoms with van der Waals surface area (Å²) in [5, 5.41) is 2.89. The molecule has 0 saturated heterocycles. The lowest BCUT2D eigenvalue weighted by atomic mass is 10.2. The number of esters is 1. The zero-order valence-electron chi connectivity index (χ0n) is 17.0. The number of pyridine rings is 1. The number of anilines is 1. The first-order chi connectivity index (χ1) is 15.0. The van der Waals surface area contributed by atoms with Crippen molar-refractivity contribution in [3.63, 3.8) is 0 Å². The molecule has 1 amide bonds. The Labute approximate surface area is 177 Å². The van der Waals surface area contributed by atoms with Crippen LogP contribution in [0.2, 0.25) is 0 Å². The van der Waals surface area contributed by atoms with Crippen molar-refractivity contribution in [2.45, 2.75) is 38.6 Å². The van der Waals surface area contributed by atoms with Crippen LogP contribution in [0.4, 0.5) is 5.69 Å². The highest BCUT2D eigenvalue weighted by molar-refractivity contribution is 6.05. The SMILES string of the molecule is CCCCOC(=O)c1ccc(NC(=O)c2cnc3c(c2)c(=O)[nH]c(=O)n3C2CC2)cc1. The number of rotatable bonds is 7. The number of aromatic nitrogens is 3. The summed E-state index contributed by atoms with van der Waals surface area (Å²) in [6, 6.07) is 7.80. The van der Waals surface area contributed by atoms with Gasteiger partial charge in [0.1, 0.15) is 5.65 Å². The molecule has 0 radical (unpaired) electrons. The fourth-order valence-corrected chi connectivity index (χ4v) is 3.22. The van der Waals surface area contributed by atoms with Crippen molar-refractivity contribution in [2.75, 3.05) is 11.9 Å². The predicted octanol–water partition coefficient (Wildman–Crippen LogP) is 2.63. The first-order valence-electron chi connectivity index (χ1n) is 10.2. The van der Waals surface area contributed by atoms with Crippen molar-refractivity contribution >= 4 is 28.6 Å². The van der Waals surface area contributed by atoms with Gasteiger partial charge in [-0.25, -0.2) is 14.6 Å². The van der Waals surface area contributed by atoms with Gasteiger partial charge in [0, 0.05) is 17.9 Å². The number of nitrogens with one attached hydrogen (secondary N) is 2. The Morgan fingerprint density at radius 1 is 1.19 bits per heavy atom. The maximum absolute atomic E-state index is 12.6. The molecule has 1 fully saturated rings. The van der Waals surface area contributed by atoms with E-state index in [1.165, 1.54) is 16.8 Å². The normalized spacial score (nSPS) is 13.2. The third-order valence-electron chi connectivity index (χ3n) is 5.06. The fraction of sp³-hybridized carbons (Fsp3) is 0.318. The minimum absolute atomic E-state index is 0.0335. The summed E-state index contributed by atoms with van der Waals surface area (Å²) < 4.78 is 6.63. The number of carbonyl (C=O) groups is 2. The highest BCUT2D eigenvalue weighted by atomic mass is 16.5. The van der Waals surface area contributed by atoms with Gasteiger partial charge in [-0.3, -0.25) is 19.1 Å². The largest absolute Gasteiger partial charge is 0.462 e. The molecule has 1 aliphatic carbocycles. The number of hydrogen-bond acceptors (Lipinski definition) is 6. The molecule has 1 saturated carbocycles. The van der Waals surface area contributed by atoms with E-state index in [1.54, 1.807) is 24.3 Å². The van der Waals surface area contributed by atoms with Crippen molar-refractivity contribution in [3.05, 3.63) is 68.5 Å². The summed E-state index contributed by atoms with van der Waals surface area (Å²) in [5.74, 6) is -0.873. The summed E-state index contributed by atoms with van der Waals surface area (Å²) in [6.07, 6.45) is 4.79. The summed E-state index contributed by atoms with van der Waals surface area (Å²) in [6.45, 7) is 2.38. The minimum Gasteiger partial charge on any atom is -0.462 e. The Morgan fingerprint density at radius 2 is 1.94 bits per heavy atom. The van der Waals surface area contributed by atoms with Gasteiger partial charge in [-0.05, 0) is 49.6 Å². The Bertz CT molecular complexity index is 1260. The van der Waals surface area contributed by atoms with E-state index < -0.39 is 23.1 Å². The molecule has 1 aromatic carbocycles. The van der Waals surface area contributed by atoms with Crippen LogP contribution >= 0.6 is 0 Å². The first kappa shape index (κ1) is 20.5. The fourth-order valence-electron chi connectivity index (χ4n) is 3.22. The Morgan fingerprint density at radius 3 is 2.61 bits per heavy atom. The van der Waals surface area contributed by atoms with E-state index in [0.29, 0.717) is 17.9 Å². The number of nitrogens with zero attached hydrogens (tertiary/aromatic N) is 2. The standard InChI is InChI=1S/C22H22N4O5/c1-2-3-10-31-21(29)13-4-6-15(7-5-13)24-19(27)14-11-17-18(23-12-14)26(16-8-9-16)22(30)25-20(17)28/h4-7,11-12,16H,2-3,8-10H2,1H3,(H,24,27)(H,25,28,30). The van der Waals surface area contributed by atoms with Gasteiger partial charge in [-0.15, -0.1) is 0 Å². The molecule has 4 rings (SSSR count). The monoisotopic (exact) mass is 422 g/mol. The van der Waals surface area contributed by atoms with Crippen molar-refractivity contribution in [1.82, 2.24) is 14.5 Å². The second-order valence-corrected chi connectivity index (χ2v) is 7.48. The van der Waals surface area contributed by atoms with Crippen LogP contribution in [-0.4, -0.2) is 33.0 Å². The molecule has 0 atom stereocenters. The van der Waals surface area contributed by atoms with E-state index in [1.807, 2.05) is 6.92 Å². The number of unbranched alkanes of at least 4 members (excludes halogenated alkanes) is 1.